The Bertz CT molecular complexity index is 739. The summed E-state index contributed by atoms with van der Waals surface area (Å²) in [4.78, 5) is 0. The van der Waals surface area contributed by atoms with Crippen molar-refractivity contribution in [3.63, 3.8) is 0 Å². The molecule has 1 heterocycles. The Balaban J connectivity index is 2.15. The van der Waals surface area contributed by atoms with Gasteiger partial charge in [0.1, 0.15) is 17.1 Å². The molecule has 0 aliphatic heterocycles. The third-order valence-electron chi connectivity index (χ3n) is 3.01. The molecule has 4 nitrogen and oxygen atoms in total. The standard InChI is InChI=1S/C15H12ClN3O/c1-20-13-8-3-2-7-12(13)15-14(17-19-18-15)10-5-4-6-11(16)9-10/h2-9H,1H3,(H,17,18,19). The lowest BCUT2D eigenvalue weighted by molar-refractivity contribution is 0.416. The summed E-state index contributed by atoms with van der Waals surface area (Å²) < 4.78 is 5.38. The van der Waals surface area contributed by atoms with Crippen LogP contribution in [0.5, 0.6) is 5.75 Å². The van der Waals surface area contributed by atoms with Crippen molar-refractivity contribution in [3.8, 4) is 28.3 Å². The smallest absolute Gasteiger partial charge is 0.128 e. The maximum absolute atomic E-state index is 6.04. The molecular weight excluding hydrogens is 274 g/mol. The van der Waals surface area contributed by atoms with Gasteiger partial charge < -0.3 is 4.74 Å². The van der Waals surface area contributed by atoms with Crippen molar-refractivity contribution < 1.29 is 4.74 Å². The summed E-state index contributed by atoms with van der Waals surface area (Å²) in [6.07, 6.45) is 0. The molecule has 0 aliphatic rings. The topological polar surface area (TPSA) is 50.8 Å². The van der Waals surface area contributed by atoms with E-state index in [1.807, 2.05) is 48.5 Å². The van der Waals surface area contributed by atoms with Gasteiger partial charge in [0.25, 0.3) is 0 Å². The predicted octanol–water partition coefficient (Wildman–Crippen LogP) is 3.80. The van der Waals surface area contributed by atoms with E-state index < -0.39 is 0 Å². The zero-order chi connectivity index (χ0) is 13.9. The van der Waals surface area contributed by atoms with Gasteiger partial charge in [0.15, 0.2) is 0 Å². The van der Waals surface area contributed by atoms with Crippen LogP contribution >= 0.6 is 11.6 Å². The number of rotatable bonds is 3. The molecule has 0 radical (unpaired) electrons. The molecule has 0 unspecified atom stereocenters. The molecule has 3 rings (SSSR count). The van der Waals surface area contributed by atoms with Crippen LogP contribution in [-0.4, -0.2) is 22.5 Å². The Morgan fingerprint density at radius 1 is 1.00 bits per heavy atom. The number of ether oxygens (including phenoxy) is 1. The summed E-state index contributed by atoms with van der Waals surface area (Å²) in [6, 6.07) is 15.2. The minimum absolute atomic E-state index is 0.663. The van der Waals surface area contributed by atoms with Gasteiger partial charge in [-0.15, -0.1) is 0 Å². The van der Waals surface area contributed by atoms with Gasteiger partial charge in [-0.1, -0.05) is 35.9 Å². The summed E-state index contributed by atoms with van der Waals surface area (Å²) >= 11 is 6.04. The van der Waals surface area contributed by atoms with E-state index in [1.165, 1.54) is 0 Å². The van der Waals surface area contributed by atoms with Crippen LogP contribution in [0.4, 0.5) is 0 Å². The monoisotopic (exact) mass is 285 g/mol. The Kier molecular flexibility index (Phi) is 3.39. The number of aromatic amines is 1. The molecule has 0 aliphatic carbocycles. The number of hydrogen-bond acceptors (Lipinski definition) is 3. The minimum Gasteiger partial charge on any atom is -0.496 e. The highest BCUT2D eigenvalue weighted by Gasteiger charge is 2.15. The average Bonchev–Trinajstić information content (AvgIpc) is 2.96. The quantitative estimate of drug-likeness (QED) is 0.796. The Morgan fingerprint density at radius 2 is 1.80 bits per heavy atom. The van der Waals surface area contributed by atoms with Crippen molar-refractivity contribution in [2.75, 3.05) is 7.11 Å². The maximum atomic E-state index is 6.04. The van der Waals surface area contributed by atoms with Crippen LogP contribution in [0, 0.1) is 0 Å². The Morgan fingerprint density at radius 3 is 2.60 bits per heavy atom. The van der Waals surface area contributed by atoms with Gasteiger partial charge in [-0.2, -0.15) is 15.4 Å². The maximum Gasteiger partial charge on any atom is 0.128 e. The first-order chi connectivity index (χ1) is 9.79. The van der Waals surface area contributed by atoms with Gasteiger partial charge >= 0.3 is 0 Å². The van der Waals surface area contributed by atoms with E-state index in [9.17, 15) is 0 Å². The number of aromatic nitrogens is 3. The van der Waals surface area contributed by atoms with Crippen LogP contribution in [0.25, 0.3) is 22.5 Å². The normalized spacial score (nSPS) is 10.5. The molecule has 0 spiro atoms. The molecule has 3 aromatic rings. The molecular formula is C15H12ClN3O. The Hall–Kier alpha value is -2.33. The average molecular weight is 286 g/mol. The number of para-hydroxylation sites is 1. The van der Waals surface area contributed by atoms with E-state index in [4.69, 9.17) is 16.3 Å². The van der Waals surface area contributed by atoms with Gasteiger partial charge in [0.05, 0.1) is 7.11 Å². The highest BCUT2D eigenvalue weighted by molar-refractivity contribution is 6.30. The molecule has 1 aromatic heterocycles. The fourth-order valence-corrected chi connectivity index (χ4v) is 2.29. The number of hydrogen-bond donors (Lipinski definition) is 1. The molecule has 0 fully saturated rings. The number of halogens is 1. The summed E-state index contributed by atoms with van der Waals surface area (Å²) in [6.45, 7) is 0. The van der Waals surface area contributed by atoms with E-state index in [2.05, 4.69) is 15.4 Å². The van der Waals surface area contributed by atoms with Crippen molar-refractivity contribution in [1.82, 2.24) is 15.4 Å². The molecule has 0 amide bonds. The third kappa shape index (κ3) is 2.26. The van der Waals surface area contributed by atoms with E-state index in [1.54, 1.807) is 7.11 Å². The number of benzene rings is 2. The van der Waals surface area contributed by atoms with E-state index in [-0.39, 0.29) is 0 Å². The molecule has 0 bridgehead atoms. The second-order valence-corrected chi connectivity index (χ2v) is 4.67. The van der Waals surface area contributed by atoms with E-state index >= 15 is 0 Å². The minimum atomic E-state index is 0.663. The molecule has 2 aromatic carbocycles. The van der Waals surface area contributed by atoms with Crippen LogP contribution in [0.3, 0.4) is 0 Å². The number of H-pyrrole nitrogens is 1. The molecule has 5 heteroatoms. The molecule has 0 atom stereocenters. The summed E-state index contributed by atoms with van der Waals surface area (Å²) in [5.41, 5.74) is 3.28. The molecule has 1 N–H and O–H groups in total. The van der Waals surface area contributed by atoms with Crippen molar-refractivity contribution in [3.05, 3.63) is 53.6 Å². The highest BCUT2D eigenvalue weighted by Crippen LogP contribution is 2.34. The fourth-order valence-electron chi connectivity index (χ4n) is 2.10. The van der Waals surface area contributed by atoms with Crippen molar-refractivity contribution in [1.29, 1.82) is 0 Å². The second-order valence-electron chi connectivity index (χ2n) is 4.23. The number of methoxy groups -OCH3 is 1. The Labute approximate surface area is 121 Å². The fraction of sp³-hybridized carbons (Fsp3) is 0.0667. The van der Waals surface area contributed by atoms with E-state index in [0.29, 0.717) is 5.02 Å². The van der Waals surface area contributed by atoms with Crippen LogP contribution in [0.2, 0.25) is 5.02 Å². The van der Waals surface area contributed by atoms with Crippen LogP contribution in [0.15, 0.2) is 48.5 Å². The van der Waals surface area contributed by atoms with Gasteiger partial charge in [-0.3, -0.25) is 0 Å². The third-order valence-corrected chi connectivity index (χ3v) is 3.24. The van der Waals surface area contributed by atoms with Gasteiger partial charge in [-0.25, -0.2) is 0 Å². The van der Waals surface area contributed by atoms with Crippen LogP contribution in [-0.2, 0) is 0 Å². The first-order valence-corrected chi connectivity index (χ1v) is 6.47. The van der Waals surface area contributed by atoms with Crippen LogP contribution < -0.4 is 4.74 Å². The second kappa shape index (κ2) is 5.35. The summed E-state index contributed by atoms with van der Waals surface area (Å²) in [5, 5.41) is 11.8. The zero-order valence-electron chi connectivity index (χ0n) is 10.8. The van der Waals surface area contributed by atoms with Gasteiger partial charge in [-0.05, 0) is 24.3 Å². The van der Waals surface area contributed by atoms with Crippen molar-refractivity contribution >= 4 is 11.6 Å². The number of nitrogens with one attached hydrogen (secondary N) is 1. The number of nitrogens with zero attached hydrogens (tertiary/aromatic N) is 2. The molecule has 100 valence electrons. The largest absolute Gasteiger partial charge is 0.496 e. The lowest BCUT2D eigenvalue weighted by atomic mass is 10.0. The molecule has 0 saturated heterocycles. The van der Waals surface area contributed by atoms with Crippen molar-refractivity contribution in [2.24, 2.45) is 0 Å². The predicted molar refractivity (Wildman–Crippen MR) is 78.8 cm³/mol. The first-order valence-electron chi connectivity index (χ1n) is 6.09. The molecule has 20 heavy (non-hydrogen) atoms. The van der Waals surface area contributed by atoms with Crippen LogP contribution in [0.1, 0.15) is 0 Å². The first kappa shape index (κ1) is 12.7. The SMILES string of the molecule is COc1ccccc1-c1n[nH]nc1-c1cccc(Cl)c1. The lowest BCUT2D eigenvalue weighted by Crippen LogP contribution is -1.89. The van der Waals surface area contributed by atoms with Gasteiger partial charge in [0, 0.05) is 16.1 Å². The summed E-state index contributed by atoms with van der Waals surface area (Å²) in [7, 11) is 1.64. The zero-order valence-corrected chi connectivity index (χ0v) is 11.6. The van der Waals surface area contributed by atoms with Crippen molar-refractivity contribution in [2.45, 2.75) is 0 Å². The lowest BCUT2D eigenvalue weighted by Gasteiger charge is -2.07. The van der Waals surface area contributed by atoms with E-state index in [0.717, 1.165) is 28.3 Å². The van der Waals surface area contributed by atoms with Gasteiger partial charge in [0.2, 0.25) is 0 Å². The molecule has 0 saturated carbocycles. The highest BCUT2D eigenvalue weighted by atomic mass is 35.5. The summed E-state index contributed by atoms with van der Waals surface area (Å²) in [5.74, 6) is 0.754.